The minimum Gasteiger partial charge on any atom is -0.388 e. The van der Waals surface area contributed by atoms with Crippen molar-refractivity contribution >= 4 is 17.0 Å². The fourth-order valence-corrected chi connectivity index (χ4v) is 2.63. The molecule has 0 fully saturated rings. The van der Waals surface area contributed by atoms with Crippen molar-refractivity contribution in [2.24, 2.45) is 0 Å². The smallest absolute Gasteiger partial charge is 0.125 e. The van der Waals surface area contributed by atoms with Gasteiger partial charge in [-0.1, -0.05) is 12.1 Å². The van der Waals surface area contributed by atoms with Gasteiger partial charge in [0.15, 0.2) is 0 Å². The van der Waals surface area contributed by atoms with Crippen LogP contribution in [0.1, 0.15) is 0 Å². The number of aromatic amines is 1. The number of H-pyrrole nitrogens is 1. The second kappa shape index (κ2) is 4.66. The number of nitrogens with one attached hydrogen (secondary N) is 2. The SMILES string of the molecule is CNc1ccc(-c2csc(-c3cc[nH]c3)n2)cc1. The Labute approximate surface area is 110 Å². The first-order valence-electron chi connectivity index (χ1n) is 5.74. The zero-order valence-electron chi connectivity index (χ0n) is 9.97. The monoisotopic (exact) mass is 255 g/mol. The molecule has 0 saturated carbocycles. The highest BCUT2D eigenvalue weighted by atomic mass is 32.1. The van der Waals surface area contributed by atoms with Gasteiger partial charge in [-0.25, -0.2) is 4.98 Å². The summed E-state index contributed by atoms with van der Waals surface area (Å²) in [6.45, 7) is 0. The molecule has 0 aliphatic carbocycles. The zero-order chi connectivity index (χ0) is 12.4. The molecule has 3 rings (SSSR count). The first-order valence-corrected chi connectivity index (χ1v) is 6.61. The van der Waals surface area contributed by atoms with Crippen LogP contribution in [0.25, 0.3) is 21.8 Å². The Balaban J connectivity index is 1.92. The number of nitrogens with zero attached hydrogens (tertiary/aromatic N) is 1. The topological polar surface area (TPSA) is 40.7 Å². The van der Waals surface area contributed by atoms with Crippen molar-refractivity contribution in [1.29, 1.82) is 0 Å². The van der Waals surface area contributed by atoms with Crippen molar-refractivity contribution in [1.82, 2.24) is 9.97 Å². The number of anilines is 1. The van der Waals surface area contributed by atoms with E-state index in [0.29, 0.717) is 0 Å². The van der Waals surface area contributed by atoms with E-state index in [0.717, 1.165) is 27.5 Å². The van der Waals surface area contributed by atoms with Crippen LogP contribution >= 0.6 is 11.3 Å². The third kappa shape index (κ3) is 2.02. The quantitative estimate of drug-likeness (QED) is 0.746. The highest BCUT2D eigenvalue weighted by Gasteiger charge is 2.06. The first kappa shape index (κ1) is 11.0. The highest BCUT2D eigenvalue weighted by molar-refractivity contribution is 7.13. The maximum atomic E-state index is 4.66. The van der Waals surface area contributed by atoms with Gasteiger partial charge in [-0.3, -0.25) is 0 Å². The maximum Gasteiger partial charge on any atom is 0.125 e. The normalized spacial score (nSPS) is 10.5. The van der Waals surface area contributed by atoms with Gasteiger partial charge in [-0.05, 0) is 18.2 Å². The molecule has 0 aliphatic rings. The molecule has 0 saturated heterocycles. The number of aromatic nitrogens is 2. The Bertz CT molecular complexity index is 623. The largest absolute Gasteiger partial charge is 0.388 e. The van der Waals surface area contributed by atoms with Crippen LogP contribution in [0.5, 0.6) is 0 Å². The average molecular weight is 255 g/mol. The molecule has 0 unspecified atom stereocenters. The third-order valence-electron chi connectivity index (χ3n) is 2.82. The molecule has 3 nitrogen and oxygen atoms in total. The van der Waals surface area contributed by atoms with Crippen LogP contribution in [0.2, 0.25) is 0 Å². The van der Waals surface area contributed by atoms with Crippen molar-refractivity contribution < 1.29 is 0 Å². The van der Waals surface area contributed by atoms with Crippen LogP contribution in [-0.4, -0.2) is 17.0 Å². The number of hydrogen-bond acceptors (Lipinski definition) is 3. The molecule has 0 aliphatic heterocycles. The van der Waals surface area contributed by atoms with E-state index in [1.165, 1.54) is 0 Å². The first-order chi connectivity index (χ1) is 8.86. The van der Waals surface area contributed by atoms with E-state index in [1.54, 1.807) is 11.3 Å². The van der Waals surface area contributed by atoms with Gasteiger partial charge in [0, 0.05) is 41.6 Å². The van der Waals surface area contributed by atoms with Crippen LogP contribution in [0.15, 0.2) is 48.1 Å². The maximum absolute atomic E-state index is 4.66. The molecular weight excluding hydrogens is 242 g/mol. The minimum absolute atomic E-state index is 1.03. The number of benzene rings is 1. The lowest BCUT2D eigenvalue weighted by Crippen LogP contribution is -1.86. The summed E-state index contributed by atoms with van der Waals surface area (Å²) in [6.07, 6.45) is 3.88. The van der Waals surface area contributed by atoms with Gasteiger partial charge in [0.25, 0.3) is 0 Å². The van der Waals surface area contributed by atoms with Gasteiger partial charge in [-0.2, -0.15) is 0 Å². The predicted molar refractivity (Wildman–Crippen MR) is 76.9 cm³/mol. The zero-order valence-corrected chi connectivity index (χ0v) is 10.8. The van der Waals surface area contributed by atoms with Crippen LogP contribution < -0.4 is 5.32 Å². The molecule has 0 bridgehead atoms. The van der Waals surface area contributed by atoms with Gasteiger partial charge in [-0.15, -0.1) is 11.3 Å². The molecule has 2 heterocycles. The van der Waals surface area contributed by atoms with Crippen LogP contribution in [0.3, 0.4) is 0 Å². The third-order valence-corrected chi connectivity index (χ3v) is 3.71. The van der Waals surface area contributed by atoms with E-state index in [2.05, 4.69) is 44.9 Å². The molecule has 2 N–H and O–H groups in total. The second-order valence-electron chi connectivity index (χ2n) is 3.96. The minimum atomic E-state index is 1.03. The van der Waals surface area contributed by atoms with Crippen LogP contribution in [-0.2, 0) is 0 Å². The molecule has 0 atom stereocenters. The summed E-state index contributed by atoms with van der Waals surface area (Å²) in [6, 6.07) is 10.3. The Hall–Kier alpha value is -2.07. The Morgan fingerprint density at radius 3 is 2.61 bits per heavy atom. The van der Waals surface area contributed by atoms with E-state index in [4.69, 9.17) is 0 Å². The van der Waals surface area contributed by atoms with Crippen molar-refractivity contribution in [2.45, 2.75) is 0 Å². The summed E-state index contributed by atoms with van der Waals surface area (Å²) in [5.41, 5.74) is 4.42. The number of thiazole rings is 1. The summed E-state index contributed by atoms with van der Waals surface area (Å²) in [5, 5.41) is 6.25. The molecule has 0 radical (unpaired) electrons. The van der Waals surface area contributed by atoms with Crippen molar-refractivity contribution in [3.8, 4) is 21.8 Å². The Morgan fingerprint density at radius 2 is 1.94 bits per heavy atom. The lowest BCUT2D eigenvalue weighted by molar-refractivity contribution is 1.39. The van der Waals surface area contributed by atoms with E-state index in [9.17, 15) is 0 Å². The fourth-order valence-electron chi connectivity index (χ4n) is 1.80. The number of hydrogen-bond donors (Lipinski definition) is 2. The van der Waals surface area contributed by atoms with Crippen molar-refractivity contribution in [2.75, 3.05) is 12.4 Å². The lowest BCUT2D eigenvalue weighted by atomic mass is 10.1. The summed E-state index contributed by atoms with van der Waals surface area (Å²) in [7, 11) is 1.92. The van der Waals surface area contributed by atoms with E-state index >= 15 is 0 Å². The molecule has 0 amide bonds. The fraction of sp³-hybridized carbons (Fsp3) is 0.0714. The van der Waals surface area contributed by atoms with Gasteiger partial charge in [0.05, 0.1) is 5.69 Å². The molecule has 90 valence electrons. The molecule has 2 aromatic heterocycles. The summed E-state index contributed by atoms with van der Waals surface area (Å²) in [5.74, 6) is 0. The standard InChI is InChI=1S/C14H13N3S/c1-15-12-4-2-10(3-5-12)13-9-18-14(17-13)11-6-7-16-8-11/h2-9,15-16H,1H3. The average Bonchev–Trinajstić information content (AvgIpc) is 3.09. The predicted octanol–water partition coefficient (Wildman–Crippen LogP) is 3.85. The van der Waals surface area contributed by atoms with E-state index in [1.807, 2.05) is 25.5 Å². The molecular formula is C14H13N3S. The van der Waals surface area contributed by atoms with Gasteiger partial charge < -0.3 is 10.3 Å². The lowest BCUT2D eigenvalue weighted by Gasteiger charge is -2.00. The second-order valence-corrected chi connectivity index (χ2v) is 4.82. The van der Waals surface area contributed by atoms with E-state index in [-0.39, 0.29) is 0 Å². The summed E-state index contributed by atoms with van der Waals surface area (Å²) < 4.78 is 0. The van der Waals surface area contributed by atoms with Gasteiger partial charge in [0.1, 0.15) is 5.01 Å². The summed E-state index contributed by atoms with van der Waals surface area (Å²) >= 11 is 1.67. The molecule has 0 spiro atoms. The van der Waals surface area contributed by atoms with Gasteiger partial charge in [0.2, 0.25) is 0 Å². The summed E-state index contributed by atoms with van der Waals surface area (Å²) in [4.78, 5) is 7.71. The Morgan fingerprint density at radius 1 is 1.11 bits per heavy atom. The highest BCUT2D eigenvalue weighted by Crippen LogP contribution is 2.29. The van der Waals surface area contributed by atoms with Crippen LogP contribution in [0, 0.1) is 0 Å². The Kier molecular flexibility index (Phi) is 2.86. The van der Waals surface area contributed by atoms with Crippen molar-refractivity contribution in [3.05, 3.63) is 48.1 Å². The molecule has 18 heavy (non-hydrogen) atoms. The molecule has 4 heteroatoms. The number of rotatable bonds is 3. The molecule has 1 aromatic carbocycles. The van der Waals surface area contributed by atoms with Gasteiger partial charge >= 0.3 is 0 Å². The van der Waals surface area contributed by atoms with E-state index < -0.39 is 0 Å². The molecule has 3 aromatic rings. The van der Waals surface area contributed by atoms with Crippen LogP contribution in [0.4, 0.5) is 5.69 Å². The van der Waals surface area contributed by atoms with Crippen molar-refractivity contribution in [3.63, 3.8) is 0 Å².